The van der Waals surface area contributed by atoms with Crippen molar-refractivity contribution < 1.29 is 10.2 Å². The van der Waals surface area contributed by atoms with E-state index < -0.39 is 11.6 Å². The van der Waals surface area contributed by atoms with E-state index in [9.17, 15) is 10.2 Å². The van der Waals surface area contributed by atoms with Gasteiger partial charge in [-0.05, 0) is 25.6 Å². The molecule has 3 N–H and O–H groups in total. The highest BCUT2D eigenvalue weighted by Gasteiger charge is 2.25. The first-order valence-corrected chi connectivity index (χ1v) is 7.37. The Kier molecular flexibility index (Phi) is 7.16. The second-order valence-electron chi connectivity index (χ2n) is 5.38. The number of aliphatic hydroxyl groups is 2. The van der Waals surface area contributed by atoms with Gasteiger partial charge in [0.05, 0.1) is 18.2 Å². The molecule has 4 heteroatoms. The van der Waals surface area contributed by atoms with Crippen molar-refractivity contribution in [2.45, 2.75) is 32.4 Å². The highest BCUT2D eigenvalue weighted by molar-refractivity contribution is 5.23. The minimum absolute atomic E-state index is 0.00496. The Balaban J connectivity index is 2.57. The van der Waals surface area contributed by atoms with Crippen LogP contribution in [0.3, 0.4) is 0 Å². The van der Waals surface area contributed by atoms with Gasteiger partial charge in [0.15, 0.2) is 0 Å². The van der Waals surface area contributed by atoms with Crippen LogP contribution >= 0.6 is 0 Å². The first-order chi connectivity index (χ1) is 9.55. The third kappa shape index (κ3) is 4.87. The summed E-state index contributed by atoms with van der Waals surface area (Å²) in [5.41, 5.74) is 0.503. The molecule has 4 nitrogen and oxygen atoms in total. The van der Waals surface area contributed by atoms with Gasteiger partial charge in [-0.15, -0.1) is 0 Å². The summed E-state index contributed by atoms with van der Waals surface area (Å²) in [7, 11) is 0. The lowest BCUT2D eigenvalue weighted by molar-refractivity contribution is 0.0954. The standard InChI is InChI=1S/C16H28N2O2/c1-4-18(5-2)12-15(20)11-17-16(3,13-19)14-9-7-6-8-10-14/h6-10,15,17,19-20H,4-5,11-13H2,1-3H3. The largest absolute Gasteiger partial charge is 0.394 e. The van der Waals surface area contributed by atoms with Gasteiger partial charge in [0.2, 0.25) is 0 Å². The maximum Gasteiger partial charge on any atom is 0.0791 e. The molecule has 0 aliphatic carbocycles. The smallest absolute Gasteiger partial charge is 0.0791 e. The van der Waals surface area contributed by atoms with Crippen molar-refractivity contribution in [2.24, 2.45) is 0 Å². The highest BCUT2D eigenvalue weighted by atomic mass is 16.3. The summed E-state index contributed by atoms with van der Waals surface area (Å²) in [6.45, 7) is 9.10. The van der Waals surface area contributed by atoms with Gasteiger partial charge in [-0.25, -0.2) is 0 Å². The molecular weight excluding hydrogens is 252 g/mol. The summed E-state index contributed by atoms with van der Waals surface area (Å²) in [4.78, 5) is 2.19. The van der Waals surface area contributed by atoms with Gasteiger partial charge in [0.25, 0.3) is 0 Å². The predicted molar refractivity (Wildman–Crippen MR) is 82.7 cm³/mol. The Bertz CT molecular complexity index is 368. The SMILES string of the molecule is CCN(CC)CC(O)CNC(C)(CO)c1ccccc1. The van der Waals surface area contributed by atoms with E-state index in [-0.39, 0.29) is 6.61 Å². The number of nitrogens with one attached hydrogen (secondary N) is 1. The van der Waals surface area contributed by atoms with Crippen LogP contribution < -0.4 is 5.32 Å². The second kappa shape index (κ2) is 8.37. The van der Waals surface area contributed by atoms with Crippen molar-refractivity contribution in [1.82, 2.24) is 10.2 Å². The fraction of sp³-hybridized carbons (Fsp3) is 0.625. The zero-order valence-corrected chi connectivity index (χ0v) is 12.8. The molecule has 1 rings (SSSR count). The monoisotopic (exact) mass is 280 g/mol. The lowest BCUT2D eigenvalue weighted by Gasteiger charge is -2.31. The fourth-order valence-corrected chi connectivity index (χ4v) is 2.24. The molecule has 0 amide bonds. The summed E-state index contributed by atoms with van der Waals surface area (Å²) >= 11 is 0. The zero-order valence-electron chi connectivity index (χ0n) is 12.8. The van der Waals surface area contributed by atoms with E-state index in [1.807, 2.05) is 37.3 Å². The summed E-state index contributed by atoms with van der Waals surface area (Å²) in [6, 6.07) is 9.84. The van der Waals surface area contributed by atoms with Crippen molar-refractivity contribution >= 4 is 0 Å². The maximum atomic E-state index is 10.1. The van der Waals surface area contributed by atoms with Crippen molar-refractivity contribution in [2.75, 3.05) is 32.8 Å². The fourth-order valence-electron chi connectivity index (χ4n) is 2.24. The van der Waals surface area contributed by atoms with Crippen molar-refractivity contribution in [3.05, 3.63) is 35.9 Å². The van der Waals surface area contributed by atoms with E-state index in [4.69, 9.17) is 0 Å². The Morgan fingerprint density at radius 2 is 1.80 bits per heavy atom. The molecule has 1 aromatic rings. The van der Waals surface area contributed by atoms with E-state index in [0.29, 0.717) is 13.1 Å². The van der Waals surface area contributed by atoms with E-state index in [1.165, 1.54) is 0 Å². The number of benzene rings is 1. The van der Waals surface area contributed by atoms with Gasteiger partial charge >= 0.3 is 0 Å². The normalized spacial score (nSPS) is 16.1. The molecule has 0 bridgehead atoms. The number of rotatable bonds is 9. The average molecular weight is 280 g/mol. The van der Waals surface area contributed by atoms with Gasteiger partial charge in [-0.2, -0.15) is 0 Å². The van der Waals surface area contributed by atoms with Gasteiger partial charge in [0.1, 0.15) is 0 Å². The lowest BCUT2D eigenvalue weighted by atomic mass is 9.92. The van der Waals surface area contributed by atoms with Crippen molar-refractivity contribution in [3.63, 3.8) is 0 Å². The number of hydrogen-bond donors (Lipinski definition) is 3. The molecule has 0 spiro atoms. The molecule has 2 unspecified atom stereocenters. The molecule has 0 aliphatic heterocycles. The number of nitrogens with zero attached hydrogens (tertiary/aromatic N) is 1. The number of aliphatic hydroxyl groups excluding tert-OH is 2. The zero-order chi connectivity index (χ0) is 15.0. The molecule has 0 saturated carbocycles. The van der Waals surface area contributed by atoms with Crippen molar-refractivity contribution in [1.29, 1.82) is 0 Å². The summed E-state index contributed by atoms with van der Waals surface area (Å²) in [6.07, 6.45) is -0.440. The van der Waals surface area contributed by atoms with Gasteiger partial charge < -0.3 is 20.4 Å². The third-order valence-corrected chi connectivity index (χ3v) is 3.82. The Morgan fingerprint density at radius 3 is 2.30 bits per heavy atom. The molecule has 20 heavy (non-hydrogen) atoms. The lowest BCUT2D eigenvalue weighted by Crippen LogP contribution is -2.48. The van der Waals surface area contributed by atoms with Crippen LogP contribution in [0.1, 0.15) is 26.3 Å². The average Bonchev–Trinajstić information content (AvgIpc) is 2.51. The minimum atomic E-state index is -0.522. The molecule has 0 saturated heterocycles. The first-order valence-electron chi connectivity index (χ1n) is 7.37. The van der Waals surface area contributed by atoms with Crippen LogP contribution in [-0.2, 0) is 5.54 Å². The number of likely N-dealkylation sites (N-methyl/N-ethyl adjacent to an activating group) is 1. The second-order valence-corrected chi connectivity index (χ2v) is 5.38. The Hall–Kier alpha value is -0.940. The molecule has 2 atom stereocenters. The van der Waals surface area contributed by atoms with Gasteiger partial charge in [-0.1, -0.05) is 44.2 Å². The highest BCUT2D eigenvalue weighted by Crippen LogP contribution is 2.19. The topological polar surface area (TPSA) is 55.7 Å². The molecular formula is C16H28N2O2. The van der Waals surface area contributed by atoms with Crippen LogP contribution in [-0.4, -0.2) is 54.0 Å². The Morgan fingerprint density at radius 1 is 1.20 bits per heavy atom. The van der Waals surface area contributed by atoms with E-state index in [0.717, 1.165) is 18.7 Å². The van der Waals surface area contributed by atoms with Crippen LogP contribution in [0, 0.1) is 0 Å². The molecule has 114 valence electrons. The van der Waals surface area contributed by atoms with Crippen LogP contribution in [0.5, 0.6) is 0 Å². The molecule has 0 heterocycles. The van der Waals surface area contributed by atoms with Crippen LogP contribution in [0.15, 0.2) is 30.3 Å². The quantitative estimate of drug-likeness (QED) is 0.636. The molecule has 0 aliphatic rings. The van der Waals surface area contributed by atoms with Gasteiger partial charge in [0, 0.05) is 13.1 Å². The summed E-state index contributed by atoms with van der Waals surface area (Å²) in [5, 5.41) is 23.1. The van der Waals surface area contributed by atoms with Gasteiger partial charge in [-0.3, -0.25) is 0 Å². The van der Waals surface area contributed by atoms with Crippen LogP contribution in [0.4, 0.5) is 0 Å². The van der Waals surface area contributed by atoms with E-state index >= 15 is 0 Å². The minimum Gasteiger partial charge on any atom is -0.394 e. The summed E-state index contributed by atoms with van der Waals surface area (Å²) < 4.78 is 0. The van der Waals surface area contributed by atoms with E-state index in [1.54, 1.807) is 0 Å². The Labute approximate surface area is 122 Å². The van der Waals surface area contributed by atoms with Crippen molar-refractivity contribution in [3.8, 4) is 0 Å². The third-order valence-electron chi connectivity index (χ3n) is 3.82. The van der Waals surface area contributed by atoms with Crippen LogP contribution in [0.25, 0.3) is 0 Å². The molecule has 0 radical (unpaired) electrons. The van der Waals surface area contributed by atoms with Crippen LogP contribution in [0.2, 0.25) is 0 Å². The summed E-state index contributed by atoms with van der Waals surface area (Å²) in [5.74, 6) is 0. The molecule has 1 aromatic carbocycles. The predicted octanol–water partition coefficient (Wildman–Crippen LogP) is 1.19. The molecule has 0 fully saturated rings. The first kappa shape index (κ1) is 17.1. The maximum absolute atomic E-state index is 10.1. The van der Waals surface area contributed by atoms with E-state index in [2.05, 4.69) is 24.1 Å². The number of hydrogen-bond acceptors (Lipinski definition) is 4. The molecule has 0 aromatic heterocycles.